The third-order valence-corrected chi connectivity index (χ3v) is 10.0. The molecule has 0 spiro atoms. The molecule has 164 valence electrons. The predicted molar refractivity (Wildman–Crippen MR) is 113 cm³/mol. The van der Waals surface area contributed by atoms with Gasteiger partial charge in [-0.3, -0.25) is 0 Å². The van der Waals surface area contributed by atoms with E-state index in [1.54, 1.807) is 33.8 Å². The maximum atomic E-state index is 13.1. The van der Waals surface area contributed by atoms with Gasteiger partial charge < -0.3 is 13.7 Å². The highest BCUT2D eigenvalue weighted by atomic mass is 32.2. The minimum atomic E-state index is -4.87. The molecule has 0 aliphatic carbocycles. The molecule has 0 rings (SSSR count). The SMILES string of the molecule is C/C=C\C(O[Si](C)(C)C(C)(C)C)=C(/CC(C)=N[S+]([O-])C(C)(C)C)OC(F)(F)F. The second-order valence-corrected chi connectivity index (χ2v) is 15.7. The maximum Gasteiger partial charge on any atom is 0.572 e. The van der Waals surface area contributed by atoms with Crippen LogP contribution in [0.1, 0.15) is 61.8 Å². The quantitative estimate of drug-likeness (QED) is 0.146. The van der Waals surface area contributed by atoms with Crippen molar-refractivity contribution in [1.29, 1.82) is 0 Å². The summed E-state index contributed by atoms with van der Waals surface area (Å²) in [6.45, 7) is 18.3. The molecule has 0 fully saturated rings. The van der Waals surface area contributed by atoms with Crippen molar-refractivity contribution in [3.63, 3.8) is 0 Å². The van der Waals surface area contributed by atoms with Gasteiger partial charge in [-0.15, -0.1) is 13.2 Å². The molecule has 0 aromatic heterocycles. The zero-order valence-corrected chi connectivity index (χ0v) is 20.4. The number of halogens is 3. The van der Waals surface area contributed by atoms with E-state index in [0.717, 1.165) is 0 Å². The predicted octanol–water partition coefficient (Wildman–Crippen LogP) is 6.65. The second kappa shape index (κ2) is 9.71. The first-order valence-corrected chi connectivity index (χ1v) is 13.1. The summed E-state index contributed by atoms with van der Waals surface area (Å²) in [5.41, 5.74) is 0.272. The topological polar surface area (TPSA) is 53.9 Å². The monoisotopic (exact) mass is 441 g/mol. The summed E-state index contributed by atoms with van der Waals surface area (Å²) >= 11 is -1.58. The summed E-state index contributed by atoms with van der Waals surface area (Å²) in [7, 11) is -2.41. The van der Waals surface area contributed by atoms with E-state index < -0.39 is 30.8 Å². The van der Waals surface area contributed by atoms with Crippen LogP contribution in [0.5, 0.6) is 0 Å². The van der Waals surface area contributed by atoms with Gasteiger partial charge in [0, 0.05) is 0 Å². The summed E-state index contributed by atoms with van der Waals surface area (Å²) in [5, 5.41) is -0.208. The van der Waals surface area contributed by atoms with Crippen molar-refractivity contribution in [3.8, 4) is 0 Å². The van der Waals surface area contributed by atoms with Crippen molar-refractivity contribution in [1.82, 2.24) is 0 Å². The van der Waals surface area contributed by atoms with E-state index in [2.05, 4.69) is 9.13 Å². The highest BCUT2D eigenvalue weighted by molar-refractivity contribution is 7.91. The number of nitrogens with zero attached hydrogens (tertiary/aromatic N) is 1. The zero-order valence-electron chi connectivity index (χ0n) is 18.6. The Morgan fingerprint density at radius 3 is 1.96 bits per heavy atom. The Morgan fingerprint density at radius 1 is 1.11 bits per heavy atom. The van der Waals surface area contributed by atoms with Crippen molar-refractivity contribution in [2.24, 2.45) is 4.40 Å². The van der Waals surface area contributed by atoms with Crippen LogP contribution in [0.2, 0.25) is 18.1 Å². The smallest absolute Gasteiger partial charge is 0.572 e. The molecular weight excluding hydrogens is 407 g/mol. The Morgan fingerprint density at radius 2 is 1.61 bits per heavy atom. The zero-order chi connectivity index (χ0) is 22.6. The van der Waals surface area contributed by atoms with E-state index in [-0.39, 0.29) is 28.7 Å². The number of hydrogen-bond acceptors (Lipinski definition) is 4. The van der Waals surface area contributed by atoms with Crippen LogP contribution in [0.4, 0.5) is 13.2 Å². The molecule has 0 aliphatic heterocycles. The molecule has 0 aromatic carbocycles. The molecule has 1 unspecified atom stereocenters. The normalized spacial score (nSPS) is 16.9. The fourth-order valence-electron chi connectivity index (χ4n) is 1.62. The van der Waals surface area contributed by atoms with Crippen LogP contribution in [-0.4, -0.2) is 29.7 Å². The van der Waals surface area contributed by atoms with Gasteiger partial charge in [-0.05, 0) is 58.8 Å². The fourth-order valence-corrected chi connectivity index (χ4v) is 3.28. The number of alkyl halides is 3. The number of rotatable bonds is 7. The third kappa shape index (κ3) is 9.51. The molecule has 0 saturated heterocycles. The van der Waals surface area contributed by atoms with Gasteiger partial charge >= 0.3 is 6.36 Å². The lowest BCUT2D eigenvalue weighted by Crippen LogP contribution is -2.40. The van der Waals surface area contributed by atoms with Crippen molar-refractivity contribution in [2.75, 3.05) is 0 Å². The molecule has 0 N–H and O–H groups in total. The summed E-state index contributed by atoms with van der Waals surface area (Å²) < 4.78 is 65.2. The first-order valence-electron chi connectivity index (χ1n) is 9.07. The Labute approximate surface area is 171 Å². The molecule has 0 radical (unpaired) electrons. The third-order valence-electron chi connectivity index (χ3n) is 4.18. The van der Waals surface area contributed by atoms with E-state index in [1.807, 2.05) is 33.9 Å². The number of hydrogen-bond donors (Lipinski definition) is 0. The van der Waals surface area contributed by atoms with Crippen molar-refractivity contribution >= 4 is 25.4 Å². The molecule has 0 heterocycles. The Hall–Kier alpha value is -0.933. The molecule has 1 atom stereocenters. The van der Waals surface area contributed by atoms with Crippen LogP contribution in [-0.2, 0) is 20.5 Å². The van der Waals surface area contributed by atoms with Crippen molar-refractivity contribution in [2.45, 2.75) is 91.1 Å². The molecule has 0 aromatic rings. The van der Waals surface area contributed by atoms with Gasteiger partial charge in [-0.1, -0.05) is 31.2 Å². The fraction of sp³-hybridized carbons (Fsp3) is 0.737. The summed E-state index contributed by atoms with van der Waals surface area (Å²) in [6, 6.07) is 0. The molecule has 9 heteroatoms. The van der Waals surface area contributed by atoms with E-state index >= 15 is 0 Å². The van der Waals surface area contributed by atoms with Gasteiger partial charge in [-0.2, -0.15) is 0 Å². The number of allylic oxidation sites excluding steroid dienone is 3. The lowest BCUT2D eigenvalue weighted by Gasteiger charge is -2.37. The van der Waals surface area contributed by atoms with Crippen LogP contribution in [0.3, 0.4) is 0 Å². The molecule has 0 bridgehead atoms. The average Bonchev–Trinajstić information content (AvgIpc) is 2.42. The number of ether oxygens (including phenoxy) is 1. The van der Waals surface area contributed by atoms with E-state index in [9.17, 15) is 17.7 Å². The first-order chi connectivity index (χ1) is 12.3. The van der Waals surface area contributed by atoms with E-state index in [0.29, 0.717) is 0 Å². The minimum absolute atomic E-state index is 0.0301. The molecule has 4 nitrogen and oxygen atoms in total. The van der Waals surface area contributed by atoms with Crippen LogP contribution in [0.15, 0.2) is 28.1 Å². The van der Waals surface area contributed by atoms with Gasteiger partial charge in [0.05, 0.1) is 12.1 Å². The van der Waals surface area contributed by atoms with E-state index in [4.69, 9.17) is 4.43 Å². The molecule has 28 heavy (non-hydrogen) atoms. The Balaban J connectivity index is 6.14. The molecule has 0 aliphatic rings. The lowest BCUT2D eigenvalue weighted by atomic mass is 10.2. The van der Waals surface area contributed by atoms with Crippen LogP contribution < -0.4 is 0 Å². The van der Waals surface area contributed by atoms with Crippen LogP contribution in [0.25, 0.3) is 0 Å². The van der Waals surface area contributed by atoms with Gasteiger partial charge in [0.25, 0.3) is 8.32 Å². The average molecular weight is 442 g/mol. The summed E-state index contributed by atoms with van der Waals surface area (Å²) in [6.07, 6.45) is -2.06. The minimum Gasteiger partial charge on any atom is -0.591 e. The van der Waals surface area contributed by atoms with Gasteiger partial charge in [-0.25, -0.2) is 0 Å². The van der Waals surface area contributed by atoms with Crippen molar-refractivity contribution < 1.29 is 26.9 Å². The van der Waals surface area contributed by atoms with Gasteiger partial charge in [0.15, 0.2) is 5.76 Å². The van der Waals surface area contributed by atoms with Crippen LogP contribution in [0, 0.1) is 0 Å². The van der Waals surface area contributed by atoms with Crippen LogP contribution >= 0.6 is 0 Å². The molecular formula is C19H34F3NO3SSi. The summed E-state index contributed by atoms with van der Waals surface area (Å²) in [4.78, 5) is 0. The standard InChI is InChI=1S/C19H34F3NO3SSi/c1-11-12-15(26-28(9,10)18(6,7)8)16(25-19(20,21)22)13-14(2)23-27(24)17(3,4)5/h11-12H,13H2,1-10H3/b12-11-,16-15-,23-14?. The lowest BCUT2D eigenvalue weighted by molar-refractivity contribution is -0.306. The molecule has 0 amide bonds. The Bertz CT molecular complexity index is 615. The highest BCUT2D eigenvalue weighted by Crippen LogP contribution is 2.39. The van der Waals surface area contributed by atoms with Gasteiger partial charge in [0.1, 0.15) is 21.9 Å². The largest absolute Gasteiger partial charge is 0.591 e. The van der Waals surface area contributed by atoms with Gasteiger partial charge in [0.2, 0.25) is 0 Å². The molecule has 0 saturated carbocycles. The van der Waals surface area contributed by atoms with Crippen molar-refractivity contribution in [3.05, 3.63) is 23.7 Å². The van der Waals surface area contributed by atoms with E-state index in [1.165, 1.54) is 13.0 Å². The second-order valence-electron chi connectivity index (χ2n) is 9.06. The highest BCUT2D eigenvalue weighted by Gasteiger charge is 2.41. The summed E-state index contributed by atoms with van der Waals surface area (Å²) in [5.74, 6) is -0.356. The maximum absolute atomic E-state index is 13.1. The Kier molecular flexibility index (Phi) is 9.39. The first kappa shape index (κ1) is 27.1.